The summed E-state index contributed by atoms with van der Waals surface area (Å²) < 4.78 is 32.5. The van der Waals surface area contributed by atoms with Crippen molar-refractivity contribution in [1.29, 1.82) is 0 Å². The summed E-state index contributed by atoms with van der Waals surface area (Å²) in [5.74, 6) is 0. The number of aryl methyl sites for hydroxylation is 1. The zero-order valence-corrected chi connectivity index (χ0v) is 12.1. The normalized spacial score (nSPS) is 20.4. The lowest BCUT2D eigenvalue weighted by Gasteiger charge is -2.22. The predicted molar refractivity (Wildman–Crippen MR) is 74.6 cm³/mol. The molecule has 1 heterocycles. The SMILES string of the molecule is Cc1ccccc1S(=O)(=O)NCCC1CCCCO1. The monoisotopic (exact) mass is 283 g/mol. The van der Waals surface area contributed by atoms with Crippen LogP contribution < -0.4 is 4.72 Å². The lowest BCUT2D eigenvalue weighted by atomic mass is 10.1. The zero-order valence-electron chi connectivity index (χ0n) is 11.3. The summed E-state index contributed by atoms with van der Waals surface area (Å²) in [7, 11) is -3.40. The summed E-state index contributed by atoms with van der Waals surface area (Å²) in [4.78, 5) is 0.361. The van der Waals surface area contributed by atoms with Gasteiger partial charge in [0, 0.05) is 13.2 Å². The first kappa shape index (κ1) is 14.5. The van der Waals surface area contributed by atoms with Crippen molar-refractivity contribution in [3.63, 3.8) is 0 Å². The van der Waals surface area contributed by atoms with Crippen LogP contribution in [0.4, 0.5) is 0 Å². The molecule has 106 valence electrons. The first-order valence-electron chi connectivity index (χ1n) is 6.76. The third-order valence-corrected chi connectivity index (χ3v) is 5.04. The van der Waals surface area contributed by atoms with Crippen molar-refractivity contribution in [2.24, 2.45) is 0 Å². The highest BCUT2D eigenvalue weighted by Crippen LogP contribution is 2.16. The fraction of sp³-hybridized carbons (Fsp3) is 0.571. The highest BCUT2D eigenvalue weighted by molar-refractivity contribution is 7.89. The Hall–Kier alpha value is -0.910. The summed E-state index contributed by atoms with van der Waals surface area (Å²) in [6, 6.07) is 7.02. The second kappa shape index (κ2) is 6.50. The summed E-state index contributed by atoms with van der Waals surface area (Å²) in [5, 5.41) is 0. The lowest BCUT2D eigenvalue weighted by Crippen LogP contribution is -2.29. The van der Waals surface area contributed by atoms with Crippen LogP contribution in [0.1, 0.15) is 31.2 Å². The molecular formula is C14H21NO3S. The van der Waals surface area contributed by atoms with Gasteiger partial charge in [0.1, 0.15) is 0 Å². The van der Waals surface area contributed by atoms with Gasteiger partial charge in [0.2, 0.25) is 10.0 Å². The van der Waals surface area contributed by atoms with Crippen LogP contribution in [0.3, 0.4) is 0 Å². The minimum Gasteiger partial charge on any atom is -0.378 e. The molecule has 4 nitrogen and oxygen atoms in total. The van der Waals surface area contributed by atoms with E-state index in [-0.39, 0.29) is 6.10 Å². The number of benzene rings is 1. The Bertz CT molecular complexity index is 507. The topological polar surface area (TPSA) is 55.4 Å². The second-order valence-corrected chi connectivity index (χ2v) is 6.68. The summed E-state index contributed by atoms with van der Waals surface area (Å²) in [5.41, 5.74) is 0.768. The van der Waals surface area contributed by atoms with Crippen LogP contribution in [0.2, 0.25) is 0 Å². The Kier molecular flexibility index (Phi) is 4.96. The van der Waals surface area contributed by atoms with Crippen molar-refractivity contribution >= 4 is 10.0 Å². The molecule has 1 aliphatic rings. The highest BCUT2D eigenvalue weighted by atomic mass is 32.2. The molecule has 1 aromatic rings. The smallest absolute Gasteiger partial charge is 0.240 e. The van der Waals surface area contributed by atoms with Crippen LogP contribution in [0.15, 0.2) is 29.2 Å². The van der Waals surface area contributed by atoms with E-state index in [1.807, 2.05) is 6.07 Å². The molecule has 1 atom stereocenters. The summed E-state index contributed by atoms with van der Waals surface area (Å²) >= 11 is 0. The molecule has 1 saturated heterocycles. The summed E-state index contributed by atoms with van der Waals surface area (Å²) in [6.07, 6.45) is 4.27. The summed E-state index contributed by atoms with van der Waals surface area (Å²) in [6.45, 7) is 3.04. The van der Waals surface area contributed by atoms with Crippen molar-refractivity contribution < 1.29 is 13.2 Å². The van der Waals surface area contributed by atoms with Crippen molar-refractivity contribution in [2.45, 2.75) is 43.6 Å². The maximum atomic E-state index is 12.1. The Balaban J connectivity index is 1.89. The number of hydrogen-bond acceptors (Lipinski definition) is 3. The van der Waals surface area contributed by atoms with E-state index >= 15 is 0 Å². The number of rotatable bonds is 5. The number of nitrogens with one attached hydrogen (secondary N) is 1. The van der Waals surface area contributed by atoms with Gasteiger partial charge in [0.15, 0.2) is 0 Å². The molecule has 0 amide bonds. The minimum absolute atomic E-state index is 0.202. The molecular weight excluding hydrogens is 262 g/mol. The van der Waals surface area contributed by atoms with Crippen molar-refractivity contribution in [1.82, 2.24) is 4.72 Å². The van der Waals surface area contributed by atoms with Gasteiger partial charge in [-0.2, -0.15) is 0 Å². The molecule has 0 radical (unpaired) electrons. The van der Waals surface area contributed by atoms with E-state index in [0.29, 0.717) is 11.4 Å². The third kappa shape index (κ3) is 4.03. The maximum absolute atomic E-state index is 12.1. The van der Waals surface area contributed by atoms with Gasteiger partial charge in [-0.05, 0) is 44.2 Å². The van der Waals surface area contributed by atoms with E-state index in [9.17, 15) is 8.42 Å². The van der Waals surface area contributed by atoms with E-state index in [1.54, 1.807) is 25.1 Å². The molecule has 0 aliphatic carbocycles. The van der Waals surface area contributed by atoms with Crippen LogP contribution >= 0.6 is 0 Å². The fourth-order valence-corrected chi connectivity index (χ4v) is 3.62. The average molecular weight is 283 g/mol. The highest BCUT2D eigenvalue weighted by Gasteiger charge is 2.18. The molecule has 1 unspecified atom stereocenters. The maximum Gasteiger partial charge on any atom is 0.240 e. The Morgan fingerprint density at radius 2 is 2.11 bits per heavy atom. The number of sulfonamides is 1. The van der Waals surface area contributed by atoms with E-state index in [0.717, 1.165) is 31.4 Å². The molecule has 5 heteroatoms. The quantitative estimate of drug-likeness (QED) is 0.901. The van der Waals surface area contributed by atoms with Gasteiger partial charge >= 0.3 is 0 Å². The molecule has 0 spiro atoms. The van der Waals surface area contributed by atoms with Crippen molar-refractivity contribution in [2.75, 3.05) is 13.2 Å². The molecule has 1 fully saturated rings. The molecule has 2 rings (SSSR count). The van der Waals surface area contributed by atoms with E-state index in [4.69, 9.17) is 4.74 Å². The largest absolute Gasteiger partial charge is 0.378 e. The van der Waals surface area contributed by atoms with Gasteiger partial charge in [0.05, 0.1) is 11.0 Å². The predicted octanol–water partition coefficient (Wildman–Crippen LogP) is 2.23. The molecule has 0 bridgehead atoms. The van der Waals surface area contributed by atoms with Gasteiger partial charge in [-0.3, -0.25) is 0 Å². The van der Waals surface area contributed by atoms with Crippen LogP contribution in [0.5, 0.6) is 0 Å². The first-order chi connectivity index (χ1) is 9.09. The second-order valence-electron chi connectivity index (χ2n) is 4.94. The van der Waals surface area contributed by atoms with Gasteiger partial charge < -0.3 is 4.74 Å². The van der Waals surface area contributed by atoms with Crippen molar-refractivity contribution in [3.8, 4) is 0 Å². The Labute approximate surface area is 115 Å². The van der Waals surface area contributed by atoms with Gasteiger partial charge in [0.25, 0.3) is 0 Å². The Morgan fingerprint density at radius 1 is 1.32 bits per heavy atom. The third-order valence-electron chi connectivity index (χ3n) is 3.42. The molecule has 1 N–H and O–H groups in total. The van der Waals surface area contributed by atoms with E-state index in [2.05, 4.69) is 4.72 Å². The average Bonchev–Trinajstić information content (AvgIpc) is 2.40. The molecule has 19 heavy (non-hydrogen) atoms. The molecule has 1 aromatic carbocycles. The van der Waals surface area contributed by atoms with Gasteiger partial charge in [-0.25, -0.2) is 13.1 Å². The van der Waals surface area contributed by atoms with Gasteiger partial charge in [-0.15, -0.1) is 0 Å². The number of hydrogen-bond donors (Lipinski definition) is 1. The standard InChI is InChI=1S/C14H21NO3S/c1-12-6-2-3-8-14(12)19(16,17)15-10-9-13-7-4-5-11-18-13/h2-3,6,8,13,15H,4-5,7,9-11H2,1H3. The zero-order chi connectivity index (χ0) is 13.7. The fourth-order valence-electron chi connectivity index (χ4n) is 2.33. The van der Waals surface area contributed by atoms with E-state index < -0.39 is 10.0 Å². The first-order valence-corrected chi connectivity index (χ1v) is 8.25. The lowest BCUT2D eigenvalue weighted by molar-refractivity contribution is 0.0123. The van der Waals surface area contributed by atoms with Crippen LogP contribution in [-0.2, 0) is 14.8 Å². The van der Waals surface area contributed by atoms with Gasteiger partial charge in [-0.1, -0.05) is 18.2 Å². The van der Waals surface area contributed by atoms with E-state index in [1.165, 1.54) is 6.42 Å². The molecule has 0 saturated carbocycles. The van der Waals surface area contributed by atoms with Crippen LogP contribution in [-0.4, -0.2) is 27.7 Å². The Morgan fingerprint density at radius 3 is 2.79 bits per heavy atom. The minimum atomic E-state index is -3.40. The number of ether oxygens (including phenoxy) is 1. The molecule has 0 aromatic heterocycles. The molecule has 1 aliphatic heterocycles. The van der Waals surface area contributed by atoms with Crippen LogP contribution in [0, 0.1) is 6.92 Å². The van der Waals surface area contributed by atoms with Crippen molar-refractivity contribution in [3.05, 3.63) is 29.8 Å². The van der Waals surface area contributed by atoms with Crippen LogP contribution in [0.25, 0.3) is 0 Å².